The molecule has 1 aliphatic heterocycles. The summed E-state index contributed by atoms with van der Waals surface area (Å²) in [7, 11) is 0. The van der Waals surface area contributed by atoms with Gasteiger partial charge in [0.1, 0.15) is 11.6 Å². The number of fused-ring (bicyclic) bond motifs is 1. The summed E-state index contributed by atoms with van der Waals surface area (Å²) >= 11 is 6.14. The van der Waals surface area contributed by atoms with E-state index in [-0.39, 0.29) is 11.9 Å². The minimum Gasteiger partial charge on any atom is -0.492 e. The molecule has 1 atom stereocenters. The topological polar surface area (TPSA) is 21.3 Å². The van der Waals surface area contributed by atoms with Crippen molar-refractivity contribution in [2.45, 2.75) is 19.0 Å². The lowest BCUT2D eigenvalue weighted by molar-refractivity contribution is 0.252. The van der Waals surface area contributed by atoms with Gasteiger partial charge in [0.25, 0.3) is 0 Å². The van der Waals surface area contributed by atoms with Gasteiger partial charge >= 0.3 is 0 Å². The van der Waals surface area contributed by atoms with Gasteiger partial charge in [0.2, 0.25) is 0 Å². The predicted octanol–water partition coefficient (Wildman–Crippen LogP) is 4.09. The summed E-state index contributed by atoms with van der Waals surface area (Å²) in [6.07, 6.45) is 0.849. The van der Waals surface area contributed by atoms with E-state index >= 15 is 0 Å². The molecule has 0 radical (unpaired) electrons. The van der Waals surface area contributed by atoms with Crippen molar-refractivity contribution in [2.75, 3.05) is 6.61 Å². The van der Waals surface area contributed by atoms with Crippen molar-refractivity contribution in [2.24, 2.45) is 0 Å². The minimum atomic E-state index is -0.182. The molecule has 0 saturated heterocycles. The van der Waals surface area contributed by atoms with E-state index in [2.05, 4.69) is 5.32 Å². The molecule has 1 aliphatic rings. The number of hydrogen-bond donors (Lipinski definition) is 1. The van der Waals surface area contributed by atoms with Crippen LogP contribution in [0.1, 0.15) is 23.6 Å². The van der Waals surface area contributed by atoms with Gasteiger partial charge in [-0.3, -0.25) is 0 Å². The van der Waals surface area contributed by atoms with E-state index in [1.54, 1.807) is 12.1 Å². The zero-order chi connectivity index (χ0) is 13.9. The van der Waals surface area contributed by atoms with Crippen LogP contribution in [0.5, 0.6) is 5.75 Å². The first kappa shape index (κ1) is 13.4. The lowest BCUT2D eigenvalue weighted by Crippen LogP contribution is -2.27. The molecule has 1 unspecified atom stereocenters. The molecule has 0 amide bonds. The van der Waals surface area contributed by atoms with Gasteiger partial charge in [-0.25, -0.2) is 4.39 Å². The fraction of sp³-hybridized carbons (Fsp3) is 0.250. The van der Waals surface area contributed by atoms with E-state index < -0.39 is 0 Å². The van der Waals surface area contributed by atoms with E-state index in [0.717, 1.165) is 17.7 Å². The number of para-hydroxylation sites is 1. The third kappa shape index (κ3) is 2.65. The molecule has 1 heterocycles. The molecule has 0 aliphatic carbocycles. The fourth-order valence-electron chi connectivity index (χ4n) is 2.47. The van der Waals surface area contributed by atoms with E-state index in [9.17, 15) is 4.39 Å². The summed E-state index contributed by atoms with van der Waals surface area (Å²) in [5.74, 6) is 0.560. The third-order valence-electron chi connectivity index (χ3n) is 3.52. The summed E-state index contributed by atoms with van der Waals surface area (Å²) in [5, 5.41) is 4.01. The molecule has 20 heavy (non-hydrogen) atoms. The normalized spacial score (nSPS) is 17.4. The summed E-state index contributed by atoms with van der Waals surface area (Å²) in [6, 6.07) is 12.7. The van der Waals surface area contributed by atoms with Gasteiger partial charge in [0.05, 0.1) is 11.6 Å². The van der Waals surface area contributed by atoms with Crippen LogP contribution in [0, 0.1) is 5.82 Å². The second-order valence-corrected chi connectivity index (χ2v) is 5.23. The second kappa shape index (κ2) is 5.81. The quantitative estimate of drug-likeness (QED) is 0.919. The van der Waals surface area contributed by atoms with Gasteiger partial charge in [-0.1, -0.05) is 41.9 Å². The maximum atomic E-state index is 13.6. The molecule has 0 aromatic heterocycles. The maximum absolute atomic E-state index is 13.6. The standard InChI is InChI=1S/C16H15ClFNO/c17-13-6-3-5-12-15(8-9-20-16(12)13)19-10-11-4-1-2-7-14(11)18/h1-7,15,19H,8-10H2. The van der Waals surface area contributed by atoms with E-state index in [4.69, 9.17) is 16.3 Å². The number of nitrogens with one attached hydrogen (secondary N) is 1. The highest BCUT2D eigenvalue weighted by atomic mass is 35.5. The number of rotatable bonds is 3. The molecule has 2 aromatic rings. The van der Waals surface area contributed by atoms with E-state index in [1.807, 2.05) is 24.3 Å². The van der Waals surface area contributed by atoms with Crippen molar-refractivity contribution in [3.8, 4) is 5.75 Å². The monoisotopic (exact) mass is 291 g/mol. The number of benzene rings is 2. The third-order valence-corrected chi connectivity index (χ3v) is 3.82. The Morgan fingerprint density at radius 1 is 1.20 bits per heavy atom. The van der Waals surface area contributed by atoms with Gasteiger partial charge in [0.15, 0.2) is 0 Å². The van der Waals surface area contributed by atoms with Crippen LogP contribution in [0.25, 0.3) is 0 Å². The van der Waals surface area contributed by atoms with Gasteiger partial charge in [-0.15, -0.1) is 0 Å². The first-order chi connectivity index (χ1) is 9.75. The summed E-state index contributed by atoms with van der Waals surface area (Å²) in [5.41, 5.74) is 1.71. The molecular weight excluding hydrogens is 277 g/mol. The van der Waals surface area contributed by atoms with Crippen LogP contribution in [-0.4, -0.2) is 6.61 Å². The molecule has 2 nitrogen and oxygen atoms in total. The number of hydrogen-bond acceptors (Lipinski definition) is 2. The van der Waals surface area contributed by atoms with Gasteiger partial charge in [-0.05, 0) is 12.1 Å². The first-order valence-corrected chi connectivity index (χ1v) is 7.01. The Labute approximate surface area is 122 Å². The molecular formula is C16H15ClFNO. The molecule has 1 N–H and O–H groups in total. The average Bonchev–Trinajstić information content (AvgIpc) is 2.47. The van der Waals surface area contributed by atoms with Crippen molar-refractivity contribution < 1.29 is 9.13 Å². The van der Waals surface area contributed by atoms with Crippen molar-refractivity contribution in [1.82, 2.24) is 5.32 Å². The van der Waals surface area contributed by atoms with Crippen molar-refractivity contribution in [1.29, 1.82) is 0 Å². The molecule has 104 valence electrons. The van der Waals surface area contributed by atoms with Crippen LogP contribution < -0.4 is 10.1 Å². The summed E-state index contributed by atoms with van der Waals surface area (Å²) in [4.78, 5) is 0. The van der Waals surface area contributed by atoms with Crippen LogP contribution in [0.4, 0.5) is 4.39 Å². The van der Waals surface area contributed by atoms with Crippen LogP contribution in [0.2, 0.25) is 5.02 Å². The summed E-state index contributed by atoms with van der Waals surface area (Å²) in [6.45, 7) is 1.11. The molecule has 4 heteroatoms. The minimum absolute atomic E-state index is 0.136. The molecule has 0 fully saturated rings. The van der Waals surface area contributed by atoms with Gasteiger partial charge in [-0.2, -0.15) is 0 Å². The molecule has 2 aromatic carbocycles. The lowest BCUT2D eigenvalue weighted by atomic mass is 10.00. The van der Waals surface area contributed by atoms with Gasteiger partial charge in [0, 0.05) is 30.1 Å². The highest BCUT2D eigenvalue weighted by Crippen LogP contribution is 2.37. The smallest absolute Gasteiger partial charge is 0.142 e. The zero-order valence-electron chi connectivity index (χ0n) is 10.9. The van der Waals surface area contributed by atoms with Crippen molar-refractivity contribution in [3.63, 3.8) is 0 Å². The highest BCUT2D eigenvalue weighted by Gasteiger charge is 2.22. The molecule has 0 spiro atoms. The lowest BCUT2D eigenvalue weighted by Gasteiger charge is -2.27. The maximum Gasteiger partial charge on any atom is 0.142 e. The Hall–Kier alpha value is -1.58. The SMILES string of the molecule is Fc1ccccc1CNC1CCOc2c(Cl)cccc21. The second-order valence-electron chi connectivity index (χ2n) is 4.82. The van der Waals surface area contributed by atoms with E-state index in [0.29, 0.717) is 23.7 Å². The van der Waals surface area contributed by atoms with Crippen LogP contribution in [-0.2, 0) is 6.54 Å². The Bertz CT molecular complexity index is 617. The largest absolute Gasteiger partial charge is 0.492 e. The Morgan fingerprint density at radius 2 is 2.05 bits per heavy atom. The zero-order valence-corrected chi connectivity index (χ0v) is 11.7. The first-order valence-electron chi connectivity index (χ1n) is 6.63. The Kier molecular flexibility index (Phi) is 3.90. The summed E-state index contributed by atoms with van der Waals surface area (Å²) < 4.78 is 19.2. The molecule has 0 saturated carbocycles. The molecule has 3 rings (SSSR count). The molecule has 0 bridgehead atoms. The Morgan fingerprint density at radius 3 is 2.90 bits per heavy atom. The Balaban J connectivity index is 1.77. The van der Waals surface area contributed by atoms with Crippen molar-refractivity contribution in [3.05, 3.63) is 64.4 Å². The predicted molar refractivity (Wildman–Crippen MR) is 77.5 cm³/mol. The highest BCUT2D eigenvalue weighted by molar-refractivity contribution is 6.32. The van der Waals surface area contributed by atoms with Crippen LogP contribution in [0.3, 0.4) is 0 Å². The fourth-order valence-corrected chi connectivity index (χ4v) is 2.71. The average molecular weight is 292 g/mol. The van der Waals surface area contributed by atoms with Crippen molar-refractivity contribution >= 4 is 11.6 Å². The number of ether oxygens (including phenoxy) is 1. The van der Waals surface area contributed by atoms with Crippen LogP contribution >= 0.6 is 11.6 Å². The van der Waals surface area contributed by atoms with E-state index in [1.165, 1.54) is 6.07 Å². The number of halogens is 2. The van der Waals surface area contributed by atoms with Crippen LogP contribution in [0.15, 0.2) is 42.5 Å². The van der Waals surface area contributed by atoms with Gasteiger partial charge < -0.3 is 10.1 Å².